The first-order valence-electron chi connectivity index (χ1n) is 5.62. The summed E-state index contributed by atoms with van der Waals surface area (Å²) in [5.74, 6) is -0.391. The highest BCUT2D eigenvalue weighted by atomic mass is 16.4. The third-order valence-corrected chi connectivity index (χ3v) is 2.79. The largest absolute Gasteiger partial charge is 0.481 e. The molecule has 1 aliphatic heterocycles. The molecule has 0 saturated carbocycles. The van der Waals surface area contributed by atoms with Gasteiger partial charge in [0.25, 0.3) is 0 Å². The third kappa shape index (κ3) is 4.61. The van der Waals surface area contributed by atoms with Gasteiger partial charge >= 0.3 is 5.97 Å². The Balaban J connectivity index is 2.23. The van der Waals surface area contributed by atoms with Crippen LogP contribution in [0.25, 0.3) is 0 Å². The molecule has 82 valence electrons. The Morgan fingerprint density at radius 3 is 2.36 bits per heavy atom. The summed E-state index contributed by atoms with van der Waals surface area (Å²) >= 11 is 0. The molecule has 1 atom stereocenters. The lowest BCUT2D eigenvalue weighted by atomic mass is 10.1. The Morgan fingerprint density at radius 1 is 1.29 bits per heavy atom. The van der Waals surface area contributed by atoms with Crippen molar-refractivity contribution in [3.05, 3.63) is 0 Å². The first-order valence-corrected chi connectivity index (χ1v) is 5.62. The average molecular weight is 199 g/mol. The summed E-state index contributed by atoms with van der Waals surface area (Å²) in [5, 5.41) is 8.65. The zero-order valence-corrected chi connectivity index (χ0v) is 9.04. The van der Waals surface area contributed by atoms with Gasteiger partial charge in [0.15, 0.2) is 0 Å². The lowest BCUT2D eigenvalue weighted by Crippen LogP contribution is -2.30. The zero-order chi connectivity index (χ0) is 10.4. The van der Waals surface area contributed by atoms with Gasteiger partial charge in [-0.05, 0) is 31.8 Å². The molecule has 0 aliphatic carbocycles. The Labute approximate surface area is 86.1 Å². The normalized spacial score (nSPS) is 21.5. The summed E-state index contributed by atoms with van der Waals surface area (Å²) in [6.07, 6.45) is 5.53. The molecular weight excluding hydrogens is 178 g/mol. The molecular formula is C11H21NO2. The van der Waals surface area contributed by atoms with Crippen molar-refractivity contribution < 1.29 is 9.90 Å². The summed E-state index contributed by atoms with van der Waals surface area (Å²) in [6, 6.07) is 0. The van der Waals surface area contributed by atoms with Crippen molar-refractivity contribution in [1.29, 1.82) is 0 Å². The van der Waals surface area contributed by atoms with Crippen molar-refractivity contribution in [3.8, 4) is 0 Å². The van der Waals surface area contributed by atoms with Crippen molar-refractivity contribution in [1.82, 2.24) is 4.90 Å². The van der Waals surface area contributed by atoms with E-state index in [2.05, 4.69) is 4.90 Å². The van der Waals surface area contributed by atoms with E-state index in [9.17, 15) is 4.79 Å². The minimum absolute atomic E-state index is 0.283. The summed E-state index contributed by atoms with van der Waals surface area (Å²) in [6.45, 7) is 5.29. The van der Waals surface area contributed by atoms with Crippen molar-refractivity contribution in [2.75, 3.05) is 19.6 Å². The number of rotatable bonds is 4. The molecule has 1 unspecified atom stereocenters. The first-order chi connectivity index (χ1) is 6.68. The highest BCUT2D eigenvalue weighted by Crippen LogP contribution is 2.12. The lowest BCUT2D eigenvalue weighted by Gasteiger charge is -2.22. The van der Waals surface area contributed by atoms with Crippen LogP contribution in [0.1, 0.15) is 39.0 Å². The average Bonchev–Trinajstić information content (AvgIpc) is 2.31. The van der Waals surface area contributed by atoms with Crippen LogP contribution in [0.2, 0.25) is 0 Å². The Bertz CT molecular complexity index is 174. The maximum absolute atomic E-state index is 10.5. The Kier molecular flexibility index (Phi) is 4.94. The van der Waals surface area contributed by atoms with Gasteiger partial charge in [0, 0.05) is 13.0 Å². The van der Waals surface area contributed by atoms with Gasteiger partial charge in [-0.1, -0.05) is 19.8 Å². The molecule has 3 heteroatoms. The summed E-state index contributed by atoms with van der Waals surface area (Å²) in [4.78, 5) is 12.9. The molecule has 0 amide bonds. The number of aliphatic carboxylic acids is 1. The third-order valence-electron chi connectivity index (χ3n) is 2.79. The molecule has 0 aromatic rings. The molecule has 3 nitrogen and oxygen atoms in total. The summed E-state index contributed by atoms with van der Waals surface area (Å²) in [7, 11) is 0. The van der Waals surface area contributed by atoms with E-state index in [-0.39, 0.29) is 5.92 Å². The standard InChI is InChI=1S/C11H21NO2/c1-10(8-11(13)14)9-12-6-4-2-3-5-7-12/h10H,2-9H2,1H3,(H,13,14). The van der Waals surface area contributed by atoms with Gasteiger partial charge in [-0.3, -0.25) is 4.79 Å². The van der Waals surface area contributed by atoms with Crippen LogP contribution < -0.4 is 0 Å². The number of hydrogen-bond acceptors (Lipinski definition) is 2. The summed E-state index contributed by atoms with van der Waals surface area (Å²) in [5.41, 5.74) is 0. The second-order valence-electron chi connectivity index (χ2n) is 4.42. The van der Waals surface area contributed by atoms with Gasteiger partial charge in [0.05, 0.1) is 0 Å². The Morgan fingerprint density at radius 2 is 1.86 bits per heavy atom. The van der Waals surface area contributed by atoms with Crippen LogP contribution in [0.15, 0.2) is 0 Å². The molecule has 1 fully saturated rings. The second-order valence-corrected chi connectivity index (χ2v) is 4.42. The fraction of sp³-hybridized carbons (Fsp3) is 0.909. The molecule has 1 aliphatic rings. The van der Waals surface area contributed by atoms with Gasteiger partial charge < -0.3 is 10.0 Å². The molecule has 1 saturated heterocycles. The van der Waals surface area contributed by atoms with E-state index in [4.69, 9.17) is 5.11 Å². The number of likely N-dealkylation sites (tertiary alicyclic amines) is 1. The van der Waals surface area contributed by atoms with Crippen LogP contribution in [-0.2, 0) is 4.79 Å². The molecule has 0 aromatic heterocycles. The van der Waals surface area contributed by atoms with E-state index >= 15 is 0 Å². The van der Waals surface area contributed by atoms with Gasteiger partial charge in [-0.2, -0.15) is 0 Å². The van der Waals surface area contributed by atoms with Crippen LogP contribution >= 0.6 is 0 Å². The maximum Gasteiger partial charge on any atom is 0.303 e. The second kappa shape index (κ2) is 6.02. The minimum atomic E-state index is -0.674. The number of carbonyl (C=O) groups is 1. The fourth-order valence-corrected chi connectivity index (χ4v) is 2.12. The van der Waals surface area contributed by atoms with Crippen LogP contribution in [0, 0.1) is 5.92 Å². The van der Waals surface area contributed by atoms with E-state index in [1.165, 1.54) is 25.7 Å². The number of carboxylic acids is 1. The van der Waals surface area contributed by atoms with Crippen molar-refractivity contribution in [3.63, 3.8) is 0 Å². The van der Waals surface area contributed by atoms with Gasteiger partial charge in [0.1, 0.15) is 0 Å². The van der Waals surface area contributed by atoms with Crippen molar-refractivity contribution in [2.45, 2.75) is 39.0 Å². The monoisotopic (exact) mass is 199 g/mol. The quantitative estimate of drug-likeness (QED) is 0.752. The van der Waals surface area contributed by atoms with Crippen LogP contribution in [-0.4, -0.2) is 35.6 Å². The molecule has 1 rings (SSSR count). The number of hydrogen-bond donors (Lipinski definition) is 1. The number of carboxylic acid groups (broad SMARTS) is 1. The smallest absolute Gasteiger partial charge is 0.303 e. The topological polar surface area (TPSA) is 40.5 Å². The maximum atomic E-state index is 10.5. The fourth-order valence-electron chi connectivity index (χ4n) is 2.12. The van der Waals surface area contributed by atoms with E-state index in [0.717, 1.165) is 19.6 Å². The first kappa shape index (κ1) is 11.5. The van der Waals surface area contributed by atoms with Gasteiger partial charge in [-0.15, -0.1) is 0 Å². The van der Waals surface area contributed by atoms with Gasteiger partial charge in [0.2, 0.25) is 0 Å². The predicted molar refractivity (Wildman–Crippen MR) is 56.3 cm³/mol. The predicted octanol–water partition coefficient (Wildman–Crippen LogP) is 1.97. The summed E-state index contributed by atoms with van der Waals surface area (Å²) < 4.78 is 0. The molecule has 0 spiro atoms. The van der Waals surface area contributed by atoms with E-state index in [1.807, 2.05) is 6.92 Å². The van der Waals surface area contributed by atoms with Crippen LogP contribution in [0.4, 0.5) is 0 Å². The number of nitrogens with zero attached hydrogens (tertiary/aromatic N) is 1. The van der Waals surface area contributed by atoms with Crippen molar-refractivity contribution >= 4 is 5.97 Å². The molecule has 0 aromatic carbocycles. The lowest BCUT2D eigenvalue weighted by molar-refractivity contribution is -0.138. The molecule has 1 heterocycles. The van der Waals surface area contributed by atoms with Crippen molar-refractivity contribution in [2.24, 2.45) is 5.92 Å². The molecule has 1 N–H and O–H groups in total. The Hall–Kier alpha value is -0.570. The molecule has 14 heavy (non-hydrogen) atoms. The van der Waals surface area contributed by atoms with E-state index < -0.39 is 5.97 Å². The van der Waals surface area contributed by atoms with Gasteiger partial charge in [-0.25, -0.2) is 0 Å². The molecule has 0 bridgehead atoms. The SMILES string of the molecule is CC(CC(=O)O)CN1CCCCCC1. The van der Waals surface area contributed by atoms with Crippen LogP contribution in [0.3, 0.4) is 0 Å². The van der Waals surface area contributed by atoms with E-state index in [0.29, 0.717) is 6.42 Å². The van der Waals surface area contributed by atoms with E-state index in [1.54, 1.807) is 0 Å². The molecule has 0 radical (unpaired) electrons. The van der Waals surface area contributed by atoms with Crippen LogP contribution in [0.5, 0.6) is 0 Å². The highest BCUT2D eigenvalue weighted by molar-refractivity contribution is 5.66. The zero-order valence-electron chi connectivity index (χ0n) is 9.04. The highest BCUT2D eigenvalue weighted by Gasteiger charge is 2.14. The minimum Gasteiger partial charge on any atom is -0.481 e.